The summed E-state index contributed by atoms with van der Waals surface area (Å²) in [6, 6.07) is 8.37. The number of nitrogens with one attached hydrogen (secondary N) is 2. The molecule has 0 atom stereocenters. The second-order valence-corrected chi connectivity index (χ2v) is 6.58. The second-order valence-electron chi connectivity index (χ2n) is 6.58. The SMILES string of the molecule is CCCCNC(=O)c1ncc(-c2ccc(C(C)(C)C)cc2)[nH]1. The summed E-state index contributed by atoms with van der Waals surface area (Å²) < 4.78 is 0. The van der Waals surface area contributed by atoms with Crippen molar-refractivity contribution in [2.45, 2.75) is 46.0 Å². The first-order valence-corrected chi connectivity index (χ1v) is 7.86. The molecule has 0 saturated carbocycles. The Morgan fingerprint density at radius 2 is 1.91 bits per heavy atom. The number of rotatable bonds is 5. The molecule has 0 saturated heterocycles. The number of imidazole rings is 1. The molecule has 1 heterocycles. The first kappa shape index (κ1) is 16.3. The van der Waals surface area contributed by atoms with Crippen LogP contribution in [0.15, 0.2) is 30.5 Å². The van der Waals surface area contributed by atoms with Crippen LogP contribution in [0.4, 0.5) is 0 Å². The van der Waals surface area contributed by atoms with E-state index < -0.39 is 0 Å². The summed E-state index contributed by atoms with van der Waals surface area (Å²) in [6.07, 6.45) is 3.75. The molecule has 118 valence electrons. The number of benzene rings is 1. The highest BCUT2D eigenvalue weighted by Crippen LogP contribution is 2.25. The molecule has 4 nitrogen and oxygen atoms in total. The minimum atomic E-state index is -0.147. The molecule has 0 radical (unpaired) electrons. The zero-order valence-corrected chi connectivity index (χ0v) is 13.9. The van der Waals surface area contributed by atoms with Gasteiger partial charge in [0.15, 0.2) is 5.82 Å². The van der Waals surface area contributed by atoms with E-state index in [-0.39, 0.29) is 11.3 Å². The van der Waals surface area contributed by atoms with E-state index in [0.717, 1.165) is 24.1 Å². The molecule has 4 heteroatoms. The zero-order chi connectivity index (χ0) is 16.2. The highest BCUT2D eigenvalue weighted by molar-refractivity contribution is 5.91. The third kappa shape index (κ3) is 3.97. The van der Waals surface area contributed by atoms with Gasteiger partial charge in [-0.3, -0.25) is 4.79 Å². The Bertz CT molecular complexity index is 621. The van der Waals surface area contributed by atoms with E-state index in [1.807, 2.05) is 0 Å². The molecule has 2 aromatic rings. The third-order valence-electron chi connectivity index (χ3n) is 3.67. The minimum absolute atomic E-state index is 0.136. The second kappa shape index (κ2) is 6.77. The van der Waals surface area contributed by atoms with Crippen molar-refractivity contribution >= 4 is 5.91 Å². The molecule has 22 heavy (non-hydrogen) atoms. The van der Waals surface area contributed by atoms with Crippen molar-refractivity contribution in [1.82, 2.24) is 15.3 Å². The van der Waals surface area contributed by atoms with Crippen LogP contribution in [0.5, 0.6) is 0 Å². The molecule has 2 rings (SSSR count). The summed E-state index contributed by atoms with van der Waals surface area (Å²) in [7, 11) is 0. The van der Waals surface area contributed by atoms with E-state index >= 15 is 0 Å². The lowest BCUT2D eigenvalue weighted by Gasteiger charge is -2.18. The van der Waals surface area contributed by atoms with Crippen molar-refractivity contribution in [3.8, 4) is 11.3 Å². The van der Waals surface area contributed by atoms with Gasteiger partial charge in [-0.1, -0.05) is 58.4 Å². The molecule has 1 aromatic carbocycles. The van der Waals surface area contributed by atoms with Crippen molar-refractivity contribution in [3.63, 3.8) is 0 Å². The lowest BCUT2D eigenvalue weighted by Crippen LogP contribution is -2.25. The first-order valence-electron chi connectivity index (χ1n) is 7.86. The van der Waals surface area contributed by atoms with E-state index in [2.05, 4.69) is 67.2 Å². The van der Waals surface area contributed by atoms with Gasteiger partial charge in [0.05, 0.1) is 11.9 Å². The average Bonchev–Trinajstić information content (AvgIpc) is 2.96. The molecule has 0 aliphatic heterocycles. The van der Waals surface area contributed by atoms with E-state index in [4.69, 9.17) is 0 Å². The molecule has 2 N–H and O–H groups in total. The summed E-state index contributed by atoms with van der Waals surface area (Å²) in [5, 5.41) is 2.86. The van der Waals surface area contributed by atoms with Crippen LogP contribution in [-0.4, -0.2) is 22.4 Å². The average molecular weight is 299 g/mol. The number of H-pyrrole nitrogens is 1. The van der Waals surface area contributed by atoms with Gasteiger partial charge < -0.3 is 10.3 Å². The topological polar surface area (TPSA) is 57.8 Å². The fourth-order valence-corrected chi connectivity index (χ4v) is 2.20. The minimum Gasteiger partial charge on any atom is -0.349 e. The molecule has 1 amide bonds. The molecule has 1 aromatic heterocycles. The maximum Gasteiger partial charge on any atom is 0.287 e. The number of amides is 1. The van der Waals surface area contributed by atoms with Crippen LogP contribution in [0.2, 0.25) is 0 Å². The number of carbonyl (C=O) groups is 1. The Morgan fingerprint density at radius 3 is 2.50 bits per heavy atom. The van der Waals surface area contributed by atoms with Crippen LogP contribution in [0.1, 0.15) is 56.7 Å². The van der Waals surface area contributed by atoms with Crippen LogP contribution in [0.25, 0.3) is 11.3 Å². The van der Waals surface area contributed by atoms with Crippen LogP contribution < -0.4 is 5.32 Å². The molecule has 0 aliphatic carbocycles. The van der Waals surface area contributed by atoms with Gasteiger partial charge in [-0.15, -0.1) is 0 Å². The number of nitrogens with zero attached hydrogens (tertiary/aromatic N) is 1. The van der Waals surface area contributed by atoms with Crippen LogP contribution in [0.3, 0.4) is 0 Å². The van der Waals surface area contributed by atoms with Gasteiger partial charge in [-0.25, -0.2) is 4.98 Å². The van der Waals surface area contributed by atoms with E-state index in [1.54, 1.807) is 6.20 Å². The summed E-state index contributed by atoms with van der Waals surface area (Å²) in [5.41, 5.74) is 3.32. The zero-order valence-electron chi connectivity index (χ0n) is 13.9. The third-order valence-corrected chi connectivity index (χ3v) is 3.67. The normalized spacial score (nSPS) is 11.5. The number of carbonyl (C=O) groups excluding carboxylic acids is 1. The Labute approximate surface area is 132 Å². The largest absolute Gasteiger partial charge is 0.349 e. The van der Waals surface area contributed by atoms with Crippen molar-refractivity contribution in [2.24, 2.45) is 0 Å². The number of hydrogen-bond acceptors (Lipinski definition) is 2. The molecule has 0 unspecified atom stereocenters. The van der Waals surface area contributed by atoms with Gasteiger partial charge in [0.25, 0.3) is 5.91 Å². The Morgan fingerprint density at radius 1 is 1.23 bits per heavy atom. The first-order chi connectivity index (χ1) is 10.4. The fourth-order valence-electron chi connectivity index (χ4n) is 2.20. The van der Waals surface area contributed by atoms with Gasteiger partial charge in [0.1, 0.15) is 0 Å². The van der Waals surface area contributed by atoms with Gasteiger partial charge >= 0.3 is 0 Å². The summed E-state index contributed by atoms with van der Waals surface area (Å²) >= 11 is 0. The number of aromatic amines is 1. The van der Waals surface area contributed by atoms with Crippen LogP contribution in [0, 0.1) is 0 Å². The van der Waals surface area contributed by atoms with Crippen LogP contribution >= 0.6 is 0 Å². The highest BCUT2D eigenvalue weighted by Gasteiger charge is 2.14. The summed E-state index contributed by atoms with van der Waals surface area (Å²) in [6.45, 7) is 9.36. The summed E-state index contributed by atoms with van der Waals surface area (Å²) in [5.74, 6) is 0.219. The Hall–Kier alpha value is -2.10. The monoisotopic (exact) mass is 299 g/mol. The standard InChI is InChI=1S/C18H25N3O/c1-5-6-11-19-17(22)16-20-12-15(21-16)13-7-9-14(10-8-13)18(2,3)4/h7-10,12H,5-6,11H2,1-4H3,(H,19,22)(H,20,21). The van der Waals surface area contributed by atoms with Crippen molar-refractivity contribution in [1.29, 1.82) is 0 Å². The number of aromatic nitrogens is 2. The van der Waals surface area contributed by atoms with Gasteiger partial charge in [0.2, 0.25) is 0 Å². The molecular formula is C18H25N3O. The van der Waals surface area contributed by atoms with E-state index in [1.165, 1.54) is 5.56 Å². The molecule has 0 fully saturated rings. The van der Waals surface area contributed by atoms with Crippen LogP contribution in [-0.2, 0) is 5.41 Å². The lowest BCUT2D eigenvalue weighted by atomic mass is 9.86. The van der Waals surface area contributed by atoms with Gasteiger partial charge in [-0.2, -0.15) is 0 Å². The van der Waals surface area contributed by atoms with Gasteiger partial charge in [0, 0.05) is 6.54 Å². The maximum atomic E-state index is 11.9. The molecular weight excluding hydrogens is 274 g/mol. The highest BCUT2D eigenvalue weighted by atomic mass is 16.2. The van der Waals surface area contributed by atoms with Gasteiger partial charge in [-0.05, 0) is 23.0 Å². The smallest absolute Gasteiger partial charge is 0.287 e. The number of unbranched alkanes of at least 4 members (excludes halogenated alkanes) is 1. The summed E-state index contributed by atoms with van der Waals surface area (Å²) in [4.78, 5) is 19.2. The molecule has 0 spiro atoms. The molecule has 0 aliphatic rings. The molecule has 0 bridgehead atoms. The number of hydrogen-bond donors (Lipinski definition) is 2. The van der Waals surface area contributed by atoms with E-state index in [9.17, 15) is 4.79 Å². The quantitative estimate of drug-likeness (QED) is 0.823. The van der Waals surface area contributed by atoms with Crippen molar-refractivity contribution < 1.29 is 4.79 Å². The Balaban J connectivity index is 2.09. The lowest BCUT2D eigenvalue weighted by molar-refractivity contribution is 0.0944. The van der Waals surface area contributed by atoms with Crippen molar-refractivity contribution in [3.05, 3.63) is 41.9 Å². The predicted octanol–water partition coefficient (Wildman–Crippen LogP) is 3.90. The fraction of sp³-hybridized carbons (Fsp3) is 0.444. The Kier molecular flexibility index (Phi) is 5.01. The van der Waals surface area contributed by atoms with E-state index in [0.29, 0.717) is 12.4 Å². The maximum absolute atomic E-state index is 11.9. The van der Waals surface area contributed by atoms with Crippen molar-refractivity contribution in [2.75, 3.05) is 6.54 Å². The predicted molar refractivity (Wildman–Crippen MR) is 90.0 cm³/mol.